The molecule has 1 heterocycles. The normalized spacial score (nSPS) is 18.4. The minimum absolute atomic E-state index is 0.321. The molecule has 1 aliphatic heterocycles. The summed E-state index contributed by atoms with van der Waals surface area (Å²) in [5, 5.41) is 0. The first kappa shape index (κ1) is 13.7. The first-order valence-electron chi connectivity index (χ1n) is 5.98. The van der Waals surface area contributed by atoms with Crippen molar-refractivity contribution < 1.29 is 18.3 Å². The SMILES string of the molecule is CC1(C)CN(C(=O)c2cc(F)cc(N)c2F)CCO1. The second-order valence-corrected chi connectivity index (χ2v) is 5.19. The summed E-state index contributed by atoms with van der Waals surface area (Å²) in [6.45, 7) is 4.70. The Balaban J connectivity index is 2.29. The molecule has 1 aromatic carbocycles. The summed E-state index contributed by atoms with van der Waals surface area (Å²) in [7, 11) is 0. The molecule has 1 aromatic rings. The highest BCUT2D eigenvalue weighted by Gasteiger charge is 2.31. The molecule has 4 nitrogen and oxygen atoms in total. The van der Waals surface area contributed by atoms with Crippen LogP contribution >= 0.6 is 0 Å². The second kappa shape index (κ2) is 4.77. The molecular weight excluding hydrogens is 254 g/mol. The molecule has 0 radical (unpaired) electrons. The number of nitrogens with two attached hydrogens (primary N) is 1. The summed E-state index contributed by atoms with van der Waals surface area (Å²) in [6, 6.07) is 1.73. The smallest absolute Gasteiger partial charge is 0.257 e. The Morgan fingerprint density at radius 3 is 2.74 bits per heavy atom. The van der Waals surface area contributed by atoms with Crippen molar-refractivity contribution in [2.45, 2.75) is 19.4 Å². The van der Waals surface area contributed by atoms with E-state index < -0.39 is 23.1 Å². The van der Waals surface area contributed by atoms with Gasteiger partial charge in [0.25, 0.3) is 5.91 Å². The standard InChI is InChI=1S/C13H16F2N2O2/c1-13(2)7-17(3-4-19-13)12(18)9-5-8(14)6-10(16)11(9)15/h5-6H,3-4,7,16H2,1-2H3. The Kier molecular flexibility index (Phi) is 3.45. The molecule has 0 spiro atoms. The van der Waals surface area contributed by atoms with Gasteiger partial charge in [-0.25, -0.2) is 8.78 Å². The van der Waals surface area contributed by atoms with E-state index in [-0.39, 0.29) is 11.3 Å². The summed E-state index contributed by atoms with van der Waals surface area (Å²) < 4.78 is 32.5. The van der Waals surface area contributed by atoms with Gasteiger partial charge in [0.15, 0.2) is 5.82 Å². The summed E-state index contributed by atoms with van der Waals surface area (Å²) in [4.78, 5) is 13.7. The van der Waals surface area contributed by atoms with Crippen molar-refractivity contribution in [2.24, 2.45) is 0 Å². The maximum atomic E-state index is 13.8. The fraction of sp³-hybridized carbons (Fsp3) is 0.462. The molecule has 1 saturated heterocycles. The molecule has 0 bridgehead atoms. The van der Waals surface area contributed by atoms with E-state index in [2.05, 4.69) is 0 Å². The zero-order valence-electron chi connectivity index (χ0n) is 10.9. The first-order valence-corrected chi connectivity index (χ1v) is 5.98. The van der Waals surface area contributed by atoms with Crippen molar-refractivity contribution in [3.63, 3.8) is 0 Å². The second-order valence-electron chi connectivity index (χ2n) is 5.19. The molecule has 6 heteroatoms. The van der Waals surface area contributed by atoms with Gasteiger partial charge in [-0.2, -0.15) is 0 Å². The number of nitrogens with zero attached hydrogens (tertiary/aromatic N) is 1. The lowest BCUT2D eigenvalue weighted by molar-refractivity contribution is -0.0764. The van der Waals surface area contributed by atoms with Crippen LogP contribution in [0.2, 0.25) is 0 Å². The average Bonchev–Trinajstić information content (AvgIpc) is 2.31. The predicted octanol–water partition coefficient (Wildman–Crippen LogP) is 1.80. The minimum atomic E-state index is -0.879. The topological polar surface area (TPSA) is 55.6 Å². The molecule has 1 amide bonds. The molecule has 104 valence electrons. The third-order valence-electron chi connectivity index (χ3n) is 3.01. The van der Waals surface area contributed by atoms with E-state index in [0.29, 0.717) is 19.7 Å². The van der Waals surface area contributed by atoms with Crippen LogP contribution in [-0.4, -0.2) is 36.1 Å². The molecule has 0 aromatic heterocycles. The Bertz CT molecular complexity index is 518. The molecule has 0 aliphatic carbocycles. The lowest BCUT2D eigenvalue weighted by atomic mass is 10.1. The zero-order chi connectivity index (χ0) is 14.2. The predicted molar refractivity (Wildman–Crippen MR) is 66.7 cm³/mol. The van der Waals surface area contributed by atoms with Crippen molar-refractivity contribution >= 4 is 11.6 Å². The van der Waals surface area contributed by atoms with Crippen LogP contribution in [0, 0.1) is 11.6 Å². The lowest BCUT2D eigenvalue weighted by Gasteiger charge is -2.38. The highest BCUT2D eigenvalue weighted by molar-refractivity contribution is 5.95. The lowest BCUT2D eigenvalue weighted by Crippen LogP contribution is -2.50. The number of benzene rings is 1. The molecule has 2 rings (SSSR count). The van der Waals surface area contributed by atoms with E-state index >= 15 is 0 Å². The molecule has 1 fully saturated rings. The van der Waals surface area contributed by atoms with Gasteiger partial charge in [0.1, 0.15) is 5.82 Å². The van der Waals surface area contributed by atoms with Crippen molar-refractivity contribution in [3.8, 4) is 0 Å². The fourth-order valence-electron chi connectivity index (χ4n) is 2.13. The Morgan fingerprint density at radius 1 is 1.42 bits per heavy atom. The van der Waals surface area contributed by atoms with Gasteiger partial charge in [0.2, 0.25) is 0 Å². The Labute approximate surface area is 110 Å². The highest BCUT2D eigenvalue weighted by atomic mass is 19.1. The third kappa shape index (κ3) is 2.84. The number of halogens is 2. The van der Waals surface area contributed by atoms with E-state index in [4.69, 9.17) is 10.5 Å². The van der Waals surface area contributed by atoms with Crippen LogP contribution in [0.15, 0.2) is 12.1 Å². The number of amides is 1. The number of morpholine rings is 1. The molecular formula is C13H16F2N2O2. The van der Waals surface area contributed by atoms with E-state index in [0.717, 1.165) is 12.1 Å². The average molecular weight is 270 g/mol. The van der Waals surface area contributed by atoms with Crippen molar-refractivity contribution in [1.82, 2.24) is 4.90 Å². The molecule has 19 heavy (non-hydrogen) atoms. The van der Waals surface area contributed by atoms with Crippen LogP contribution in [0.1, 0.15) is 24.2 Å². The van der Waals surface area contributed by atoms with Crippen molar-refractivity contribution in [2.75, 3.05) is 25.4 Å². The van der Waals surface area contributed by atoms with Gasteiger partial charge in [-0.15, -0.1) is 0 Å². The number of ether oxygens (including phenoxy) is 1. The van der Waals surface area contributed by atoms with E-state index in [1.165, 1.54) is 4.90 Å². The quantitative estimate of drug-likeness (QED) is 0.792. The van der Waals surface area contributed by atoms with E-state index in [1.54, 1.807) is 0 Å². The van der Waals surface area contributed by atoms with Crippen LogP contribution in [0.5, 0.6) is 0 Å². The van der Waals surface area contributed by atoms with E-state index in [1.807, 2.05) is 13.8 Å². The minimum Gasteiger partial charge on any atom is -0.396 e. The monoisotopic (exact) mass is 270 g/mol. The number of carbonyl (C=O) groups is 1. The van der Waals surface area contributed by atoms with Crippen LogP contribution in [0.3, 0.4) is 0 Å². The largest absolute Gasteiger partial charge is 0.396 e. The van der Waals surface area contributed by atoms with Crippen LogP contribution < -0.4 is 5.73 Å². The van der Waals surface area contributed by atoms with Crippen molar-refractivity contribution in [1.29, 1.82) is 0 Å². The van der Waals surface area contributed by atoms with Crippen LogP contribution in [0.4, 0.5) is 14.5 Å². The third-order valence-corrected chi connectivity index (χ3v) is 3.01. The fourth-order valence-corrected chi connectivity index (χ4v) is 2.13. The van der Waals surface area contributed by atoms with Gasteiger partial charge in [0.05, 0.1) is 23.5 Å². The van der Waals surface area contributed by atoms with Gasteiger partial charge in [-0.3, -0.25) is 4.79 Å². The maximum absolute atomic E-state index is 13.8. The molecule has 2 N–H and O–H groups in total. The summed E-state index contributed by atoms with van der Waals surface area (Å²) in [6.07, 6.45) is 0. The Morgan fingerprint density at radius 2 is 2.11 bits per heavy atom. The summed E-state index contributed by atoms with van der Waals surface area (Å²) in [5.74, 6) is -2.18. The van der Waals surface area contributed by atoms with Gasteiger partial charge < -0.3 is 15.4 Å². The van der Waals surface area contributed by atoms with Gasteiger partial charge >= 0.3 is 0 Å². The number of anilines is 1. The number of nitrogen functional groups attached to an aromatic ring is 1. The maximum Gasteiger partial charge on any atom is 0.257 e. The molecule has 0 atom stereocenters. The summed E-state index contributed by atoms with van der Waals surface area (Å²) in [5.41, 5.74) is 4.13. The molecule has 0 saturated carbocycles. The zero-order valence-corrected chi connectivity index (χ0v) is 10.9. The highest BCUT2D eigenvalue weighted by Crippen LogP contribution is 2.22. The number of rotatable bonds is 1. The first-order chi connectivity index (χ1) is 8.80. The van der Waals surface area contributed by atoms with E-state index in [9.17, 15) is 13.6 Å². The number of hydrogen-bond donors (Lipinski definition) is 1. The van der Waals surface area contributed by atoms with Crippen LogP contribution in [-0.2, 0) is 4.74 Å². The number of carbonyl (C=O) groups excluding carboxylic acids is 1. The molecule has 0 unspecified atom stereocenters. The van der Waals surface area contributed by atoms with Gasteiger partial charge in [-0.1, -0.05) is 0 Å². The van der Waals surface area contributed by atoms with Gasteiger partial charge in [-0.05, 0) is 26.0 Å². The molecule has 1 aliphatic rings. The van der Waals surface area contributed by atoms with Gasteiger partial charge in [0, 0.05) is 13.1 Å². The van der Waals surface area contributed by atoms with Crippen LogP contribution in [0.25, 0.3) is 0 Å². The summed E-state index contributed by atoms with van der Waals surface area (Å²) >= 11 is 0. The van der Waals surface area contributed by atoms with Crippen molar-refractivity contribution in [3.05, 3.63) is 29.3 Å². The number of hydrogen-bond acceptors (Lipinski definition) is 3. The Hall–Kier alpha value is -1.69.